The van der Waals surface area contributed by atoms with Crippen LogP contribution in [0.4, 0.5) is 16.4 Å². The number of fused-ring (bicyclic) bond motifs is 4. The summed E-state index contributed by atoms with van der Waals surface area (Å²) in [6, 6.07) is 20.3. The third-order valence-electron chi connectivity index (χ3n) is 8.35. The number of amides is 1. The summed E-state index contributed by atoms with van der Waals surface area (Å²) >= 11 is 1.77. The van der Waals surface area contributed by atoms with Crippen LogP contribution in [-0.2, 0) is 9.47 Å². The van der Waals surface area contributed by atoms with E-state index in [9.17, 15) is 9.59 Å². The van der Waals surface area contributed by atoms with Crippen LogP contribution in [0.15, 0.2) is 69.9 Å². The molecule has 0 spiro atoms. The topological polar surface area (TPSA) is 75.5 Å². The van der Waals surface area contributed by atoms with Crippen LogP contribution < -0.4 is 15.2 Å². The van der Waals surface area contributed by atoms with Gasteiger partial charge in [0.05, 0.1) is 18.6 Å². The van der Waals surface area contributed by atoms with Crippen LogP contribution in [0.1, 0.15) is 27.2 Å². The molecule has 1 amide bonds. The number of hydrogen-bond acceptors (Lipinski definition) is 8. The second-order valence-corrected chi connectivity index (χ2v) is 13.5. The normalized spacial score (nSPS) is 16.6. The van der Waals surface area contributed by atoms with E-state index in [1.807, 2.05) is 37.8 Å². The number of nitrogens with zero attached hydrogens (tertiary/aromatic N) is 3. The number of benzene rings is 3. The summed E-state index contributed by atoms with van der Waals surface area (Å²) in [5.41, 5.74) is 3.15. The van der Waals surface area contributed by atoms with E-state index in [-0.39, 0.29) is 11.5 Å². The van der Waals surface area contributed by atoms with Gasteiger partial charge in [0.2, 0.25) is 0 Å². The summed E-state index contributed by atoms with van der Waals surface area (Å²) in [6.07, 6.45) is 0.596. The van der Waals surface area contributed by atoms with E-state index >= 15 is 0 Å². The summed E-state index contributed by atoms with van der Waals surface area (Å²) < 4.78 is 20.1. The third kappa shape index (κ3) is 5.39. The highest BCUT2D eigenvalue weighted by molar-refractivity contribution is 7.26. The summed E-state index contributed by atoms with van der Waals surface area (Å²) in [6.45, 7) is 11.1. The lowest BCUT2D eigenvalue weighted by Crippen LogP contribution is -2.39. The molecule has 3 aromatic carbocycles. The SMILES string of the molecule is CC(C)(C)OC(=O)N1CCCN(c2ccc(-c3cccc4c(=O)cc(N5CCOCC5)oc34)c3sc4ccccc4c23)CC1. The van der Waals surface area contributed by atoms with Gasteiger partial charge < -0.3 is 28.6 Å². The minimum absolute atomic E-state index is 0.0436. The van der Waals surface area contributed by atoms with Crippen molar-refractivity contribution in [3.63, 3.8) is 0 Å². The van der Waals surface area contributed by atoms with Gasteiger partial charge in [-0.3, -0.25) is 4.79 Å². The van der Waals surface area contributed by atoms with Crippen molar-refractivity contribution in [1.82, 2.24) is 4.90 Å². The van der Waals surface area contributed by atoms with Gasteiger partial charge in [0.1, 0.15) is 11.2 Å². The maximum Gasteiger partial charge on any atom is 0.410 e. The first-order valence-corrected chi connectivity index (χ1v) is 16.2. The molecule has 4 heterocycles. The Kier molecular flexibility index (Phi) is 7.46. The van der Waals surface area contributed by atoms with Crippen molar-refractivity contribution in [2.24, 2.45) is 0 Å². The molecular weight excluding hydrogens is 574 g/mol. The highest BCUT2D eigenvalue weighted by atomic mass is 32.1. The van der Waals surface area contributed by atoms with E-state index in [2.05, 4.69) is 52.3 Å². The monoisotopic (exact) mass is 611 g/mol. The molecule has 0 unspecified atom stereocenters. The van der Waals surface area contributed by atoms with E-state index in [4.69, 9.17) is 13.9 Å². The summed E-state index contributed by atoms with van der Waals surface area (Å²) in [7, 11) is 0. The van der Waals surface area contributed by atoms with E-state index in [0.29, 0.717) is 62.8 Å². The molecule has 44 heavy (non-hydrogen) atoms. The van der Waals surface area contributed by atoms with Crippen molar-refractivity contribution in [3.8, 4) is 11.1 Å². The minimum Gasteiger partial charge on any atom is -0.444 e. The van der Waals surface area contributed by atoms with Crippen LogP contribution in [-0.4, -0.2) is 69.1 Å². The lowest BCUT2D eigenvalue weighted by atomic mass is 9.99. The minimum atomic E-state index is -0.523. The predicted octanol–water partition coefficient (Wildman–Crippen LogP) is 7.11. The number of anilines is 2. The third-order valence-corrected chi connectivity index (χ3v) is 9.55. The number of carbonyl (C=O) groups excluding carboxylic acids is 1. The number of thiophene rings is 1. The van der Waals surface area contributed by atoms with Gasteiger partial charge in [-0.25, -0.2) is 4.79 Å². The van der Waals surface area contributed by atoms with Gasteiger partial charge in [-0.2, -0.15) is 0 Å². The molecule has 228 valence electrons. The average molecular weight is 612 g/mol. The molecule has 0 saturated carbocycles. The molecule has 2 aliphatic heterocycles. The number of para-hydroxylation sites is 1. The van der Waals surface area contributed by atoms with Crippen LogP contribution in [0.2, 0.25) is 0 Å². The van der Waals surface area contributed by atoms with Gasteiger partial charge in [-0.05, 0) is 45.4 Å². The van der Waals surface area contributed by atoms with Crippen molar-refractivity contribution < 1.29 is 18.7 Å². The Balaban J connectivity index is 1.33. The predicted molar refractivity (Wildman–Crippen MR) is 178 cm³/mol. The molecule has 2 aliphatic rings. The number of rotatable bonds is 3. The standard InChI is InChI=1S/C35H37N3O5S/c1-35(2,3)43-34(40)38-15-7-14-36(16-17-38)27-13-12-24(33-31(27)26-8-4-5-11-29(26)44-33)23-9-6-10-25-28(39)22-30(42-32(23)25)37-18-20-41-21-19-37/h4-6,8-13,22H,7,14-21H2,1-3H3. The number of hydrogen-bond donors (Lipinski definition) is 0. The zero-order chi connectivity index (χ0) is 30.4. The first-order chi connectivity index (χ1) is 21.3. The van der Waals surface area contributed by atoms with Gasteiger partial charge in [0.25, 0.3) is 0 Å². The summed E-state index contributed by atoms with van der Waals surface area (Å²) in [5.74, 6) is 0.585. The van der Waals surface area contributed by atoms with Crippen LogP contribution in [0, 0.1) is 0 Å². The molecule has 7 rings (SSSR count). The van der Waals surface area contributed by atoms with Crippen molar-refractivity contribution >= 4 is 60.1 Å². The summed E-state index contributed by atoms with van der Waals surface area (Å²) in [4.78, 5) is 32.5. The molecule has 8 nitrogen and oxygen atoms in total. The molecule has 0 aliphatic carbocycles. The Morgan fingerprint density at radius 1 is 0.841 bits per heavy atom. The Bertz CT molecular complexity index is 1920. The number of morpholine rings is 1. The second-order valence-electron chi connectivity index (χ2n) is 12.5. The van der Waals surface area contributed by atoms with E-state index in [1.54, 1.807) is 17.4 Å². The highest BCUT2D eigenvalue weighted by Gasteiger charge is 2.27. The quantitative estimate of drug-likeness (QED) is 0.215. The smallest absolute Gasteiger partial charge is 0.410 e. The molecule has 2 aromatic heterocycles. The first kappa shape index (κ1) is 28.7. The van der Waals surface area contributed by atoms with Crippen molar-refractivity contribution in [2.45, 2.75) is 32.8 Å². The van der Waals surface area contributed by atoms with E-state index < -0.39 is 5.60 Å². The fraction of sp³-hybridized carbons (Fsp3) is 0.371. The van der Waals surface area contributed by atoms with Gasteiger partial charge in [0.15, 0.2) is 11.3 Å². The lowest BCUT2D eigenvalue weighted by Gasteiger charge is -2.27. The van der Waals surface area contributed by atoms with Crippen LogP contribution >= 0.6 is 11.3 Å². The molecule has 0 radical (unpaired) electrons. The fourth-order valence-electron chi connectivity index (χ4n) is 6.27. The van der Waals surface area contributed by atoms with Crippen LogP contribution in [0.5, 0.6) is 0 Å². The van der Waals surface area contributed by atoms with Crippen LogP contribution in [0.3, 0.4) is 0 Å². The van der Waals surface area contributed by atoms with Crippen LogP contribution in [0.25, 0.3) is 42.3 Å². The number of ether oxygens (including phenoxy) is 2. The fourth-order valence-corrected chi connectivity index (χ4v) is 7.52. The van der Waals surface area contributed by atoms with Gasteiger partial charge >= 0.3 is 6.09 Å². The number of carbonyl (C=O) groups is 1. The van der Waals surface area contributed by atoms with Gasteiger partial charge in [-0.15, -0.1) is 11.3 Å². The molecule has 9 heteroatoms. The lowest BCUT2D eigenvalue weighted by molar-refractivity contribution is 0.0263. The maximum atomic E-state index is 13.3. The van der Waals surface area contributed by atoms with Gasteiger partial charge in [-0.1, -0.05) is 36.4 Å². The van der Waals surface area contributed by atoms with Crippen molar-refractivity contribution in [3.05, 3.63) is 70.9 Å². The molecule has 0 bridgehead atoms. The highest BCUT2D eigenvalue weighted by Crippen LogP contribution is 2.46. The van der Waals surface area contributed by atoms with Crippen molar-refractivity contribution in [2.75, 3.05) is 62.3 Å². The van der Waals surface area contributed by atoms with Crippen molar-refractivity contribution in [1.29, 1.82) is 0 Å². The molecule has 2 fully saturated rings. The molecule has 5 aromatic rings. The molecular formula is C35H37N3O5S. The molecule has 2 saturated heterocycles. The zero-order valence-corrected chi connectivity index (χ0v) is 26.2. The molecule has 0 atom stereocenters. The Labute approximate surface area is 260 Å². The Hall–Kier alpha value is -4.08. The van der Waals surface area contributed by atoms with E-state index in [1.165, 1.54) is 15.5 Å². The zero-order valence-electron chi connectivity index (χ0n) is 25.4. The second kappa shape index (κ2) is 11.4. The Morgan fingerprint density at radius 2 is 1.64 bits per heavy atom. The molecule has 0 N–H and O–H groups in total. The van der Waals surface area contributed by atoms with E-state index in [0.717, 1.165) is 34.5 Å². The maximum absolute atomic E-state index is 13.3. The largest absolute Gasteiger partial charge is 0.444 e. The first-order valence-electron chi connectivity index (χ1n) is 15.3. The summed E-state index contributed by atoms with van der Waals surface area (Å²) in [5, 5.41) is 2.97. The Morgan fingerprint density at radius 3 is 2.45 bits per heavy atom. The average Bonchev–Trinajstić information content (AvgIpc) is 3.22. The van der Waals surface area contributed by atoms with Gasteiger partial charge in [0, 0.05) is 82.3 Å².